The summed E-state index contributed by atoms with van der Waals surface area (Å²) >= 11 is 4.94. The number of halogens is 1. The highest BCUT2D eigenvalue weighted by molar-refractivity contribution is 9.10. The third-order valence-electron chi connectivity index (χ3n) is 2.59. The van der Waals surface area contributed by atoms with Crippen molar-refractivity contribution in [1.29, 1.82) is 0 Å². The van der Waals surface area contributed by atoms with Gasteiger partial charge in [-0.2, -0.15) is 11.3 Å². The summed E-state index contributed by atoms with van der Waals surface area (Å²) in [5, 5.41) is 4.05. The number of nitrogen functional groups attached to an aromatic ring is 1. The van der Waals surface area contributed by atoms with Crippen LogP contribution in [0.2, 0.25) is 0 Å². The van der Waals surface area contributed by atoms with Crippen LogP contribution in [0.15, 0.2) is 39.5 Å². The van der Waals surface area contributed by atoms with Crippen LogP contribution in [0, 0.1) is 0 Å². The molecule has 1 heterocycles. The normalized spacial score (nSPS) is 10.3. The molecule has 2 aromatic rings. The Labute approximate surface area is 118 Å². The quantitative estimate of drug-likeness (QED) is 0.880. The number of nitrogens with two attached hydrogens (primary N) is 1. The number of thiophene rings is 1. The van der Waals surface area contributed by atoms with E-state index in [0.29, 0.717) is 17.8 Å². The van der Waals surface area contributed by atoms with Crippen molar-refractivity contribution in [1.82, 2.24) is 4.90 Å². The minimum absolute atomic E-state index is 0.0274. The summed E-state index contributed by atoms with van der Waals surface area (Å²) in [6, 6.07) is 7.27. The van der Waals surface area contributed by atoms with Gasteiger partial charge in [-0.25, -0.2) is 0 Å². The van der Waals surface area contributed by atoms with E-state index in [1.54, 1.807) is 41.5 Å². The van der Waals surface area contributed by atoms with Gasteiger partial charge in [0.1, 0.15) is 0 Å². The fourth-order valence-electron chi connectivity index (χ4n) is 1.63. The fourth-order valence-corrected chi connectivity index (χ4v) is 2.53. The molecule has 0 fully saturated rings. The Hall–Kier alpha value is -1.33. The average Bonchev–Trinajstić information content (AvgIpc) is 2.84. The van der Waals surface area contributed by atoms with Crippen molar-refractivity contribution in [3.63, 3.8) is 0 Å². The van der Waals surface area contributed by atoms with Crippen molar-refractivity contribution < 1.29 is 4.79 Å². The molecule has 3 nitrogen and oxygen atoms in total. The molecule has 1 aromatic heterocycles. The Balaban J connectivity index is 2.12. The molecule has 1 amide bonds. The second kappa shape index (κ2) is 5.54. The first-order valence-electron chi connectivity index (χ1n) is 5.39. The van der Waals surface area contributed by atoms with Crippen LogP contribution in [-0.2, 0) is 6.54 Å². The van der Waals surface area contributed by atoms with Gasteiger partial charge in [0.2, 0.25) is 0 Å². The van der Waals surface area contributed by atoms with Crippen molar-refractivity contribution in [3.8, 4) is 0 Å². The van der Waals surface area contributed by atoms with E-state index in [-0.39, 0.29) is 5.91 Å². The topological polar surface area (TPSA) is 46.3 Å². The van der Waals surface area contributed by atoms with Crippen LogP contribution < -0.4 is 5.73 Å². The lowest BCUT2D eigenvalue weighted by molar-refractivity contribution is 0.0785. The minimum Gasteiger partial charge on any atom is -0.398 e. The number of hydrogen-bond acceptors (Lipinski definition) is 3. The molecule has 1 aromatic carbocycles. The number of hydrogen-bond donors (Lipinski definition) is 1. The zero-order chi connectivity index (χ0) is 13.1. The Bertz CT molecular complexity index is 554. The molecule has 2 rings (SSSR count). The van der Waals surface area contributed by atoms with Gasteiger partial charge >= 0.3 is 0 Å². The molecular weight excluding hydrogens is 312 g/mol. The zero-order valence-corrected chi connectivity index (χ0v) is 12.3. The van der Waals surface area contributed by atoms with Crippen LogP contribution in [-0.4, -0.2) is 17.9 Å². The molecule has 0 aliphatic rings. The van der Waals surface area contributed by atoms with Gasteiger partial charge in [-0.1, -0.05) is 0 Å². The van der Waals surface area contributed by atoms with E-state index in [2.05, 4.69) is 15.9 Å². The molecule has 0 saturated heterocycles. The Morgan fingerprint density at radius 1 is 1.44 bits per heavy atom. The highest BCUT2D eigenvalue weighted by Gasteiger charge is 2.13. The molecule has 0 saturated carbocycles. The summed E-state index contributed by atoms with van der Waals surface area (Å²) in [4.78, 5) is 13.9. The van der Waals surface area contributed by atoms with Crippen LogP contribution in [0.1, 0.15) is 15.9 Å². The number of nitrogens with zero attached hydrogens (tertiary/aromatic N) is 1. The molecule has 5 heteroatoms. The first kappa shape index (κ1) is 13.1. The number of anilines is 1. The second-order valence-electron chi connectivity index (χ2n) is 4.03. The summed E-state index contributed by atoms with van der Waals surface area (Å²) < 4.78 is 0.805. The van der Waals surface area contributed by atoms with Gasteiger partial charge in [-0.05, 0) is 56.5 Å². The van der Waals surface area contributed by atoms with Gasteiger partial charge in [-0.3, -0.25) is 4.79 Å². The molecular formula is C13H13BrN2OS. The first-order valence-corrected chi connectivity index (χ1v) is 7.13. The monoisotopic (exact) mass is 324 g/mol. The smallest absolute Gasteiger partial charge is 0.253 e. The van der Waals surface area contributed by atoms with Gasteiger partial charge in [-0.15, -0.1) is 0 Å². The minimum atomic E-state index is -0.0274. The Morgan fingerprint density at radius 2 is 2.22 bits per heavy atom. The molecule has 18 heavy (non-hydrogen) atoms. The van der Waals surface area contributed by atoms with Crippen LogP contribution in [0.3, 0.4) is 0 Å². The summed E-state index contributed by atoms with van der Waals surface area (Å²) in [6.45, 7) is 0.609. The van der Waals surface area contributed by atoms with Gasteiger partial charge in [0.25, 0.3) is 5.91 Å². The average molecular weight is 325 g/mol. The zero-order valence-electron chi connectivity index (χ0n) is 9.89. The molecule has 0 radical (unpaired) electrons. The van der Waals surface area contributed by atoms with Crippen molar-refractivity contribution in [2.24, 2.45) is 0 Å². The molecule has 0 spiro atoms. The van der Waals surface area contributed by atoms with Gasteiger partial charge in [0.15, 0.2) is 0 Å². The largest absolute Gasteiger partial charge is 0.398 e. The molecule has 0 atom stereocenters. The highest BCUT2D eigenvalue weighted by Crippen LogP contribution is 2.21. The first-order chi connectivity index (χ1) is 8.58. The van der Waals surface area contributed by atoms with E-state index in [4.69, 9.17) is 5.73 Å². The van der Waals surface area contributed by atoms with E-state index >= 15 is 0 Å². The van der Waals surface area contributed by atoms with Crippen LogP contribution >= 0.6 is 27.3 Å². The Kier molecular flexibility index (Phi) is 4.04. The molecule has 0 bridgehead atoms. The SMILES string of the molecule is CN(Cc1ccsc1)C(=O)c1ccc(Br)c(N)c1. The maximum absolute atomic E-state index is 12.2. The number of rotatable bonds is 3. The number of benzene rings is 1. The van der Waals surface area contributed by atoms with Crippen molar-refractivity contribution in [2.75, 3.05) is 12.8 Å². The summed E-state index contributed by atoms with van der Waals surface area (Å²) in [5.41, 5.74) is 8.10. The van der Waals surface area contributed by atoms with Gasteiger partial charge < -0.3 is 10.6 Å². The standard InChI is InChI=1S/C13H13BrN2OS/c1-16(7-9-4-5-18-8-9)13(17)10-2-3-11(14)12(15)6-10/h2-6,8H,7,15H2,1H3. The van der Waals surface area contributed by atoms with Crippen LogP contribution in [0.5, 0.6) is 0 Å². The lowest BCUT2D eigenvalue weighted by Gasteiger charge is -2.17. The molecule has 0 aliphatic heterocycles. The van der Waals surface area contributed by atoms with Crippen LogP contribution in [0.25, 0.3) is 0 Å². The Morgan fingerprint density at radius 3 is 2.83 bits per heavy atom. The summed E-state index contributed by atoms with van der Waals surface area (Å²) in [7, 11) is 1.79. The van der Waals surface area contributed by atoms with E-state index in [0.717, 1.165) is 10.0 Å². The third kappa shape index (κ3) is 2.91. The summed E-state index contributed by atoms with van der Waals surface area (Å²) in [5.74, 6) is -0.0274. The molecule has 94 valence electrons. The highest BCUT2D eigenvalue weighted by atomic mass is 79.9. The van der Waals surface area contributed by atoms with Gasteiger partial charge in [0, 0.05) is 29.3 Å². The molecule has 0 aliphatic carbocycles. The fraction of sp³-hybridized carbons (Fsp3) is 0.154. The molecule has 0 unspecified atom stereocenters. The van der Waals surface area contributed by atoms with E-state index < -0.39 is 0 Å². The van der Waals surface area contributed by atoms with E-state index in [1.165, 1.54) is 0 Å². The second-order valence-corrected chi connectivity index (χ2v) is 5.66. The predicted molar refractivity (Wildman–Crippen MR) is 78.7 cm³/mol. The van der Waals surface area contributed by atoms with Crippen LogP contribution in [0.4, 0.5) is 5.69 Å². The van der Waals surface area contributed by atoms with Crippen molar-refractivity contribution in [2.45, 2.75) is 6.54 Å². The number of amides is 1. The maximum Gasteiger partial charge on any atom is 0.253 e. The summed E-state index contributed by atoms with van der Waals surface area (Å²) in [6.07, 6.45) is 0. The maximum atomic E-state index is 12.2. The lowest BCUT2D eigenvalue weighted by Crippen LogP contribution is -2.26. The van der Waals surface area contributed by atoms with E-state index in [1.807, 2.05) is 16.8 Å². The third-order valence-corrected chi connectivity index (χ3v) is 4.04. The van der Waals surface area contributed by atoms with Gasteiger partial charge in [0.05, 0.1) is 0 Å². The van der Waals surface area contributed by atoms with Crippen molar-refractivity contribution >= 4 is 38.9 Å². The molecule has 2 N–H and O–H groups in total. The number of carbonyl (C=O) groups excluding carboxylic acids is 1. The van der Waals surface area contributed by atoms with Crippen molar-refractivity contribution in [3.05, 3.63) is 50.6 Å². The predicted octanol–water partition coefficient (Wildman–Crippen LogP) is 3.37. The number of carbonyl (C=O) groups is 1. The van der Waals surface area contributed by atoms with E-state index in [9.17, 15) is 4.79 Å². The lowest BCUT2D eigenvalue weighted by atomic mass is 10.1.